The quantitative estimate of drug-likeness (QED) is 0.789. The van der Waals surface area contributed by atoms with Crippen molar-refractivity contribution in [3.63, 3.8) is 0 Å². The van der Waals surface area contributed by atoms with Crippen molar-refractivity contribution >= 4 is 11.4 Å². The molecule has 1 aliphatic heterocycles. The van der Waals surface area contributed by atoms with E-state index < -0.39 is 0 Å². The van der Waals surface area contributed by atoms with Gasteiger partial charge in [0, 0.05) is 24.8 Å². The fraction of sp³-hybridized carbons (Fsp3) is 0.526. The molecule has 23 heavy (non-hydrogen) atoms. The molecule has 0 spiro atoms. The summed E-state index contributed by atoms with van der Waals surface area (Å²) in [6.07, 6.45) is 4.23. The second kappa shape index (κ2) is 8.03. The Bertz CT molecular complexity index is 570. The van der Waals surface area contributed by atoms with Gasteiger partial charge in [0.15, 0.2) is 0 Å². The van der Waals surface area contributed by atoms with E-state index in [4.69, 9.17) is 0 Å². The fourth-order valence-electron chi connectivity index (χ4n) is 2.97. The van der Waals surface area contributed by atoms with E-state index in [9.17, 15) is 10.4 Å². The van der Waals surface area contributed by atoms with Gasteiger partial charge in [-0.25, -0.2) is 0 Å². The molecule has 0 saturated carbocycles. The second-order valence-corrected chi connectivity index (χ2v) is 6.50. The van der Waals surface area contributed by atoms with Crippen LogP contribution in [0.1, 0.15) is 38.7 Å². The Morgan fingerprint density at radius 1 is 1.43 bits per heavy atom. The number of rotatable bonds is 6. The lowest BCUT2D eigenvalue weighted by Crippen LogP contribution is -2.36. The van der Waals surface area contributed by atoms with Crippen LogP contribution in [0.25, 0.3) is 0 Å². The number of hydrogen-bond donors (Lipinski definition) is 2. The largest absolute Gasteiger partial charge is 0.393 e. The van der Waals surface area contributed by atoms with Gasteiger partial charge in [-0.2, -0.15) is 5.26 Å². The average molecular weight is 313 g/mol. The summed E-state index contributed by atoms with van der Waals surface area (Å²) >= 11 is 0. The van der Waals surface area contributed by atoms with Gasteiger partial charge in [-0.05, 0) is 50.3 Å². The van der Waals surface area contributed by atoms with Crippen molar-refractivity contribution in [3.8, 4) is 6.07 Å². The summed E-state index contributed by atoms with van der Waals surface area (Å²) in [7, 11) is 0. The summed E-state index contributed by atoms with van der Waals surface area (Å²) in [4.78, 5) is 2.19. The van der Waals surface area contributed by atoms with Crippen LogP contribution < -0.4 is 10.2 Å². The van der Waals surface area contributed by atoms with Gasteiger partial charge >= 0.3 is 0 Å². The van der Waals surface area contributed by atoms with E-state index in [1.807, 2.05) is 24.3 Å². The topological polar surface area (TPSA) is 59.3 Å². The molecule has 1 heterocycles. The van der Waals surface area contributed by atoms with E-state index in [0.717, 1.165) is 43.7 Å². The maximum Gasteiger partial charge on any atom is 0.101 e. The molecule has 0 amide bonds. The Hall–Kier alpha value is -1.99. The third kappa shape index (κ3) is 4.49. The van der Waals surface area contributed by atoms with Crippen molar-refractivity contribution in [1.29, 1.82) is 5.26 Å². The van der Waals surface area contributed by atoms with E-state index in [2.05, 4.69) is 36.7 Å². The molecule has 1 aliphatic rings. The number of nitrogens with one attached hydrogen (secondary N) is 1. The van der Waals surface area contributed by atoms with Gasteiger partial charge < -0.3 is 15.3 Å². The first-order valence-corrected chi connectivity index (χ1v) is 8.39. The number of aliphatic hydroxyl groups is 1. The van der Waals surface area contributed by atoms with E-state index in [-0.39, 0.29) is 6.10 Å². The Morgan fingerprint density at radius 2 is 2.13 bits per heavy atom. The van der Waals surface area contributed by atoms with Crippen molar-refractivity contribution in [2.75, 3.05) is 23.3 Å². The fourth-order valence-corrected chi connectivity index (χ4v) is 2.97. The van der Waals surface area contributed by atoms with Crippen molar-refractivity contribution < 1.29 is 5.11 Å². The van der Waals surface area contributed by atoms with Crippen molar-refractivity contribution in [3.05, 3.63) is 36.4 Å². The Labute approximate surface area is 139 Å². The number of allylic oxidation sites excluding steroid dienone is 1. The summed E-state index contributed by atoms with van der Waals surface area (Å²) in [5.74, 6) is 0.487. The molecule has 2 unspecified atom stereocenters. The monoisotopic (exact) mass is 313 g/mol. The highest BCUT2D eigenvalue weighted by Gasteiger charge is 2.20. The molecular formula is C19H27N3O. The van der Waals surface area contributed by atoms with Gasteiger partial charge in [0.05, 0.1) is 17.4 Å². The first-order chi connectivity index (χ1) is 11.0. The molecule has 0 aromatic heterocycles. The molecule has 124 valence electrons. The van der Waals surface area contributed by atoms with Gasteiger partial charge in [0.25, 0.3) is 0 Å². The molecule has 0 bridgehead atoms. The Kier molecular flexibility index (Phi) is 6.06. The average Bonchev–Trinajstić information content (AvgIpc) is 2.55. The smallest absolute Gasteiger partial charge is 0.101 e. The van der Waals surface area contributed by atoms with Gasteiger partial charge in [-0.1, -0.05) is 13.0 Å². The molecule has 2 atom stereocenters. The van der Waals surface area contributed by atoms with Crippen molar-refractivity contribution in [2.24, 2.45) is 5.92 Å². The summed E-state index contributed by atoms with van der Waals surface area (Å²) in [5.41, 5.74) is 2.64. The molecule has 4 heteroatoms. The number of hydrogen-bond acceptors (Lipinski definition) is 4. The zero-order chi connectivity index (χ0) is 16.8. The van der Waals surface area contributed by atoms with Gasteiger partial charge in [-0.15, -0.1) is 6.58 Å². The van der Waals surface area contributed by atoms with Gasteiger partial charge in [-0.3, -0.25) is 0 Å². The third-order valence-electron chi connectivity index (χ3n) is 4.71. The van der Waals surface area contributed by atoms with Gasteiger partial charge in [0.1, 0.15) is 6.07 Å². The summed E-state index contributed by atoms with van der Waals surface area (Å²) in [5, 5.41) is 22.6. The minimum absolute atomic E-state index is 0.204. The molecule has 0 aliphatic carbocycles. The highest BCUT2D eigenvalue weighted by atomic mass is 16.3. The summed E-state index contributed by atoms with van der Waals surface area (Å²) in [6.45, 7) is 9.74. The Morgan fingerprint density at radius 3 is 2.74 bits per heavy atom. The zero-order valence-corrected chi connectivity index (χ0v) is 14.1. The number of benzene rings is 1. The van der Waals surface area contributed by atoms with Gasteiger partial charge in [0.2, 0.25) is 0 Å². The maximum absolute atomic E-state index is 9.63. The van der Waals surface area contributed by atoms with Crippen LogP contribution in [0.3, 0.4) is 0 Å². The highest BCUT2D eigenvalue weighted by Crippen LogP contribution is 2.27. The molecule has 4 nitrogen and oxygen atoms in total. The zero-order valence-electron chi connectivity index (χ0n) is 14.1. The highest BCUT2D eigenvalue weighted by molar-refractivity contribution is 5.65. The lowest BCUT2D eigenvalue weighted by atomic mass is 9.99. The lowest BCUT2D eigenvalue weighted by Gasteiger charge is -2.32. The molecule has 1 fully saturated rings. The standard InChI is InChI=1S/C19H27N3O/c1-4-5-14(2)15(3)21-17-6-7-19(16(12-17)13-20)22-10-8-18(23)9-11-22/h4,6-7,12,14-15,18,21,23H,1,5,8-11H2,2-3H3. The van der Waals surface area contributed by atoms with Crippen LogP contribution in [0, 0.1) is 17.2 Å². The van der Waals surface area contributed by atoms with Crippen LogP contribution in [0.2, 0.25) is 0 Å². The molecule has 2 N–H and O–H groups in total. The lowest BCUT2D eigenvalue weighted by molar-refractivity contribution is 0.145. The number of piperidine rings is 1. The molecule has 2 rings (SSSR count). The van der Waals surface area contributed by atoms with Crippen LogP contribution in [0.4, 0.5) is 11.4 Å². The van der Waals surface area contributed by atoms with Crippen LogP contribution >= 0.6 is 0 Å². The van der Waals surface area contributed by atoms with E-state index in [1.54, 1.807) is 0 Å². The minimum Gasteiger partial charge on any atom is -0.393 e. The summed E-state index contributed by atoms with van der Waals surface area (Å²) in [6, 6.07) is 8.61. The van der Waals surface area contributed by atoms with Crippen LogP contribution in [0.5, 0.6) is 0 Å². The van der Waals surface area contributed by atoms with E-state index in [1.165, 1.54) is 0 Å². The van der Waals surface area contributed by atoms with Crippen molar-refractivity contribution in [2.45, 2.75) is 45.3 Å². The maximum atomic E-state index is 9.63. The minimum atomic E-state index is -0.204. The number of aliphatic hydroxyl groups excluding tert-OH is 1. The number of anilines is 2. The first kappa shape index (κ1) is 17.4. The van der Waals surface area contributed by atoms with Crippen LogP contribution in [-0.4, -0.2) is 30.3 Å². The number of nitrogens with zero attached hydrogens (tertiary/aromatic N) is 2. The van der Waals surface area contributed by atoms with Crippen LogP contribution in [-0.2, 0) is 0 Å². The second-order valence-electron chi connectivity index (χ2n) is 6.50. The first-order valence-electron chi connectivity index (χ1n) is 8.39. The van der Waals surface area contributed by atoms with E-state index >= 15 is 0 Å². The molecule has 1 aromatic carbocycles. The SMILES string of the molecule is C=CCC(C)C(C)Nc1ccc(N2CCC(O)CC2)c(C#N)c1. The van der Waals surface area contributed by atoms with Crippen molar-refractivity contribution in [1.82, 2.24) is 0 Å². The molecule has 0 radical (unpaired) electrons. The molecule has 1 saturated heterocycles. The molecule has 1 aromatic rings. The summed E-state index contributed by atoms with van der Waals surface area (Å²) < 4.78 is 0. The third-order valence-corrected chi connectivity index (χ3v) is 4.71. The predicted molar refractivity (Wildman–Crippen MR) is 95.7 cm³/mol. The van der Waals surface area contributed by atoms with Crippen LogP contribution in [0.15, 0.2) is 30.9 Å². The number of nitriles is 1. The molecular weight excluding hydrogens is 286 g/mol. The van der Waals surface area contributed by atoms with E-state index in [0.29, 0.717) is 17.5 Å². The predicted octanol–water partition coefficient (Wildman–Crippen LogP) is 3.53. The Balaban J connectivity index is 2.10. The normalized spacial score (nSPS) is 18.1.